The van der Waals surface area contributed by atoms with Gasteiger partial charge < -0.3 is 16.0 Å². The van der Waals surface area contributed by atoms with Crippen molar-refractivity contribution in [3.63, 3.8) is 0 Å². The maximum atomic E-state index is 11.9. The van der Waals surface area contributed by atoms with Gasteiger partial charge in [0.1, 0.15) is 12.1 Å². The van der Waals surface area contributed by atoms with Crippen molar-refractivity contribution in [2.45, 2.75) is 13.3 Å². The number of aromatic nitrogens is 3. The number of benzene rings is 1. The molecule has 3 rings (SSSR count). The number of primary amides is 1. The number of nitrogen functional groups attached to an aromatic ring is 1. The van der Waals surface area contributed by atoms with Crippen molar-refractivity contribution >= 4 is 23.3 Å². The van der Waals surface area contributed by atoms with E-state index in [9.17, 15) is 4.79 Å². The number of amides is 1. The minimum absolute atomic E-state index is 0.320. The Bertz CT molecular complexity index is 919. The summed E-state index contributed by atoms with van der Waals surface area (Å²) in [6.45, 7) is 2.05. The van der Waals surface area contributed by atoms with Gasteiger partial charge in [-0.1, -0.05) is 24.6 Å². The molecule has 0 unspecified atom stereocenters. The molecule has 0 bridgehead atoms. The molecule has 0 aliphatic carbocycles. The Labute approximate surface area is 144 Å². The Kier molecular flexibility index (Phi) is 4.22. The zero-order chi connectivity index (χ0) is 17.3. The van der Waals surface area contributed by atoms with Crippen molar-refractivity contribution in [1.82, 2.24) is 14.5 Å². The van der Waals surface area contributed by atoms with Gasteiger partial charge in [-0.25, -0.2) is 9.97 Å². The smallest absolute Gasteiger partial charge is 0.250 e. The standard InChI is InChI=1S/C17H16ClN5O/c1-2-10-3-4-11(18)5-15(10)23-7-12(13(8-23)17(20)24)14-6-16(19)22-9-21-14/h3-9H,2H2,1H3,(H2,20,24)(H2,19,21,22). The molecule has 122 valence electrons. The van der Waals surface area contributed by atoms with E-state index >= 15 is 0 Å². The van der Waals surface area contributed by atoms with Crippen molar-refractivity contribution in [2.75, 3.05) is 5.73 Å². The molecular weight excluding hydrogens is 326 g/mol. The van der Waals surface area contributed by atoms with Crippen molar-refractivity contribution < 1.29 is 4.79 Å². The molecule has 0 radical (unpaired) electrons. The molecular formula is C17H16ClN5O. The van der Waals surface area contributed by atoms with E-state index < -0.39 is 5.91 Å². The number of carbonyl (C=O) groups is 1. The lowest BCUT2D eigenvalue weighted by Crippen LogP contribution is -2.11. The molecule has 0 aliphatic rings. The minimum atomic E-state index is -0.541. The molecule has 2 aromatic heterocycles. The predicted octanol–water partition coefficient (Wildman–Crippen LogP) is 2.83. The molecule has 1 aromatic carbocycles. The number of anilines is 1. The average molecular weight is 342 g/mol. The lowest BCUT2D eigenvalue weighted by molar-refractivity contribution is 0.100. The zero-order valence-electron chi connectivity index (χ0n) is 13.0. The third-order valence-electron chi connectivity index (χ3n) is 3.76. The molecule has 4 N–H and O–H groups in total. The number of nitrogens with zero attached hydrogens (tertiary/aromatic N) is 3. The summed E-state index contributed by atoms with van der Waals surface area (Å²) in [5.41, 5.74) is 14.7. The third-order valence-corrected chi connectivity index (χ3v) is 4.00. The number of carbonyl (C=O) groups excluding carboxylic acids is 1. The number of aryl methyl sites for hydroxylation is 1. The van der Waals surface area contributed by atoms with Crippen molar-refractivity contribution in [1.29, 1.82) is 0 Å². The van der Waals surface area contributed by atoms with Gasteiger partial charge in [0, 0.05) is 34.7 Å². The van der Waals surface area contributed by atoms with E-state index in [2.05, 4.69) is 16.9 Å². The third kappa shape index (κ3) is 2.96. The van der Waals surface area contributed by atoms with Crippen LogP contribution in [-0.4, -0.2) is 20.4 Å². The topological polar surface area (TPSA) is 99.8 Å². The predicted molar refractivity (Wildman–Crippen MR) is 94.1 cm³/mol. The highest BCUT2D eigenvalue weighted by Gasteiger charge is 2.17. The summed E-state index contributed by atoms with van der Waals surface area (Å²) in [5.74, 6) is -0.221. The molecule has 3 aromatic rings. The van der Waals surface area contributed by atoms with Crippen LogP contribution in [0.4, 0.5) is 5.82 Å². The number of nitrogens with two attached hydrogens (primary N) is 2. The van der Waals surface area contributed by atoms with E-state index in [0.29, 0.717) is 27.7 Å². The number of hydrogen-bond donors (Lipinski definition) is 2. The second-order valence-electron chi connectivity index (χ2n) is 5.31. The number of rotatable bonds is 4. The molecule has 0 atom stereocenters. The van der Waals surface area contributed by atoms with Crippen LogP contribution in [0.25, 0.3) is 16.9 Å². The fraction of sp³-hybridized carbons (Fsp3) is 0.118. The van der Waals surface area contributed by atoms with Crippen LogP contribution in [0.1, 0.15) is 22.8 Å². The van der Waals surface area contributed by atoms with Gasteiger partial charge in [0.25, 0.3) is 5.91 Å². The van der Waals surface area contributed by atoms with Gasteiger partial charge in [-0.15, -0.1) is 0 Å². The molecule has 6 nitrogen and oxygen atoms in total. The van der Waals surface area contributed by atoms with Gasteiger partial charge in [-0.2, -0.15) is 0 Å². The zero-order valence-corrected chi connectivity index (χ0v) is 13.8. The van der Waals surface area contributed by atoms with E-state index in [1.807, 2.05) is 22.8 Å². The van der Waals surface area contributed by atoms with E-state index in [1.54, 1.807) is 18.5 Å². The molecule has 1 amide bonds. The van der Waals surface area contributed by atoms with Gasteiger partial charge in [-0.3, -0.25) is 4.79 Å². The van der Waals surface area contributed by atoms with Gasteiger partial charge in [0.15, 0.2) is 0 Å². The maximum absolute atomic E-state index is 11.9. The van der Waals surface area contributed by atoms with Crippen molar-refractivity contribution in [3.8, 4) is 16.9 Å². The first-order valence-corrected chi connectivity index (χ1v) is 7.76. The fourth-order valence-corrected chi connectivity index (χ4v) is 2.76. The maximum Gasteiger partial charge on any atom is 0.250 e. The Morgan fingerprint density at radius 3 is 2.71 bits per heavy atom. The first-order valence-electron chi connectivity index (χ1n) is 7.38. The summed E-state index contributed by atoms with van der Waals surface area (Å²) < 4.78 is 1.83. The van der Waals surface area contributed by atoms with Crippen LogP contribution in [0.3, 0.4) is 0 Å². The summed E-state index contributed by atoms with van der Waals surface area (Å²) in [6, 6.07) is 7.26. The van der Waals surface area contributed by atoms with Crippen molar-refractivity contribution in [2.24, 2.45) is 5.73 Å². The normalized spacial score (nSPS) is 10.8. The first-order chi connectivity index (χ1) is 11.5. The summed E-state index contributed by atoms with van der Waals surface area (Å²) in [5, 5.41) is 0.615. The first kappa shape index (κ1) is 16.0. The van der Waals surface area contributed by atoms with Gasteiger partial charge >= 0.3 is 0 Å². The monoisotopic (exact) mass is 341 g/mol. The Balaban J connectivity index is 2.21. The van der Waals surface area contributed by atoms with Crippen LogP contribution in [0.15, 0.2) is 43.0 Å². The number of halogens is 1. The lowest BCUT2D eigenvalue weighted by atomic mass is 10.1. The summed E-state index contributed by atoms with van der Waals surface area (Å²) >= 11 is 6.13. The fourth-order valence-electron chi connectivity index (χ4n) is 2.59. The van der Waals surface area contributed by atoms with Crippen LogP contribution in [0.2, 0.25) is 5.02 Å². The quantitative estimate of drug-likeness (QED) is 0.762. The molecule has 7 heteroatoms. The number of hydrogen-bond acceptors (Lipinski definition) is 4. The molecule has 0 saturated heterocycles. The SMILES string of the molecule is CCc1ccc(Cl)cc1-n1cc(C(N)=O)c(-c2cc(N)ncn2)c1. The Hall–Kier alpha value is -2.86. The van der Waals surface area contributed by atoms with Crippen LogP contribution < -0.4 is 11.5 Å². The minimum Gasteiger partial charge on any atom is -0.384 e. The molecule has 0 aliphatic heterocycles. The largest absolute Gasteiger partial charge is 0.384 e. The average Bonchev–Trinajstić information content (AvgIpc) is 3.00. The lowest BCUT2D eigenvalue weighted by Gasteiger charge is -2.09. The van der Waals surface area contributed by atoms with E-state index in [4.69, 9.17) is 23.1 Å². The van der Waals surface area contributed by atoms with Crippen molar-refractivity contribution in [3.05, 3.63) is 59.1 Å². The van der Waals surface area contributed by atoms with Gasteiger partial charge in [0.2, 0.25) is 0 Å². The van der Waals surface area contributed by atoms with Crippen LogP contribution >= 0.6 is 11.6 Å². The Morgan fingerprint density at radius 1 is 1.25 bits per heavy atom. The van der Waals surface area contributed by atoms with Crippen LogP contribution in [-0.2, 0) is 6.42 Å². The van der Waals surface area contributed by atoms with E-state index in [0.717, 1.165) is 17.7 Å². The van der Waals surface area contributed by atoms with Gasteiger partial charge in [-0.05, 0) is 24.1 Å². The second kappa shape index (κ2) is 6.33. The second-order valence-corrected chi connectivity index (χ2v) is 5.75. The van der Waals surface area contributed by atoms with Gasteiger partial charge in [0.05, 0.1) is 11.3 Å². The molecule has 0 spiro atoms. The Morgan fingerprint density at radius 2 is 2.04 bits per heavy atom. The molecule has 0 fully saturated rings. The summed E-state index contributed by atoms with van der Waals surface area (Å²) in [7, 11) is 0. The summed E-state index contributed by atoms with van der Waals surface area (Å²) in [4.78, 5) is 19.9. The van der Waals surface area contributed by atoms with E-state index in [-0.39, 0.29) is 0 Å². The highest BCUT2D eigenvalue weighted by atomic mass is 35.5. The molecule has 2 heterocycles. The molecule has 24 heavy (non-hydrogen) atoms. The van der Waals surface area contributed by atoms with E-state index in [1.165, 1.54) is 6.33 Å². The highest BCUT2D eigenvalue weighted by Crippen LogP contribution is 2.28. The highest BCUT2D eigenvalue weighted by molar-refractivity contribution is 6.30. The summed E-state index contributed by atoms with van der Waals surface area (Å²) in [6.07, 6.45) is 5.66. The molecule has 0 saturated carbocycles. The van der Waals surface area contributed by atoms with Crippen LogP contribution in [0.5, 0.6) is 0 Å². The van der Waals surface area contributed by atoms with Crippen LogP contribution in [0, 0.1) is 0 Å².